The third-order valence-corrected chi connectivity index (χ3v) is 4.84. The van der Waals surface area contributed by atoms with Crippen molar-refractivity contribution in [2.24, 2.45) is 0 Å². The molecule has 0 N–H and O–H groups in total. The second kappa shape index (κ2) is 7.59. The summed E-state index contributed by atoms with van der Waals surface area (Å²) in [5.41, 5.74) is 1.34. The molecule has 0 bridgehead atoms. The molecule has 1 aliphatic rings. The fourth-order valence-corrected chi connectivity index (χ4v) is 3.35. The van der Waals surface area contributed by atoms with Gasteiger partial charge in [0.05, 0.1) is 17.5 Å². The first-order chi connectivity index (χ1) is 13.5. The van der Waals surface area contributed by atoms with Crippen molar-refractivity contribution in [3.8, 4) is 17.1 Å². The number of aromatic nitrogens is 2. The number of nitrogens with zero attached hydrogens (tertiary/aromatic N) is 3. The number of benzene rings is 2. The standard InChI is InChI=1S/C20H17ClFN3O3/c1-2-27-15-6-4-14(5-7-15)25-11-13(10-18(25)26)20-23-19(24-28-20)12-3-8-17(22)16(21)9-12/h3-9,13H,2,10-11H2,1H3. The Kier molecular flexibility index (Phi) is 5.00. The maximum atomic E-state index is 13.3. The van der Waals surface area contributed by atoms with Crippen LogP contribution in [0.5, 0.6) is 5.75 Å². The van der Waals surface area contributed by atoms with Gasteiger partial charge in [0.2, 0.25) is 17.6 Å². The maximum absolute atomic E-state index is 13.3. The topological polar surface area (TPSA) is 68.5 Å². The van der Waals surface area contributed by atoms with Gasteiger partial charge in [0.25, 0.3) is 0 Å². The Labute approximate surface area is 165 Å². The first-order valence-electron chi connectivity index (χ1n) is 8.87. The van der Waals surface area contributed by atoms with Crippen LogP contribution in [-0.4, -0.2) is 29.2 Å². The Morgan fingerprint density at radius 2 is 2.07 bits per heavy atom. The first-order valence-corrected chi connectivity index (χ1v) is 9.25. The maximum Gasteiger partial charge on any atom is 0.232 e. The zero-order chi connectivity index (χ0) is 19.7. The molecule has 0 saturated carbocycles. The minimum atomic E-state index is -0.512. The van der Waals surface area contributed by atoms with Crippen LogP contribution in [0.3, 0.4) is 0 Å². The van der Waals surface area contributed by atoms with Crippen LogP contribution in [0.1, 0.15) is 25.2 Å². The second-order valence-corrected chi connectivity index (χ2v) is 6.82. The van der Waals surface area contributed by atoms with E-state index in [4.69, 9.17) is 20.9 Å². The fraction of sp³-hybridized carbons (Fsp3) is 0.250. The van der Waals surface area contributed by atoms with E-state index in [2.05, 4.69) is 10.1 Å². The Bertz CT molecular complexity index is 1010. The number of amides is 1. The van der Waals surface area contributed by atoms with E-state index >= 15 is 0 Å². The summed E-state index contributed by atoms with van der Waals surface area (Å²) < 4.78 is 24.1. The number of carbonyl (C=O) groups excluding carboxylic acids is 1. The summed E-state index contributed by atoms with van der Waals surface area (Å²) in [4.78, 5) is 18.5. The second-order valence-electron chi connectivity index (χ2n) is 6.42. The van der Waals surface area contributed by atoms with Crippen molar-refractivity contribution in [3.63, 3.8) is 0 Å². The molecule has 8 heteroatoms. The molecule has 3 aromatic rings. The predicted octanol–water partition coefficient (Wildman–Crippen LogP) is 4.45. The smallest absolute Gasteiger partial charge is 0.232 e. The SMILES string of the molecule is CCOc1ccc(N2CC(c3nc(-c4ccc(F)c(Cl)c4)no3)CC2=O)cc1. The highest BCUT2D eigenvalue weighted by molar-refractivity contribution is 6.31. The summed E-state index contributed by atoms with van der Waals surface area (Å²) in [7, 11) is 0. The van der Waals surface area contributed by atoms with Gasteiger partial charge >= 0.3 is 0 Å². The van der Waals surface area contributed by atoms with Crippen LogP contribution in [0, 0.1) is 5.82 Å². The summed E-state index contributed by atoms with van der Waals surface area (Å²) in [6.07, 6.45) is 0.277. The van der Waals surface area contributed by atoms with Crippen molar-refractivity contribution in [2.75, 3.05) is 18.1 Å². The molecular formula is C20H17ClFN3O3. The van der Waals surface area contributed by atoms with Gasteiger partial charge in [-0.05, 0) is 49.4 Å². The van der Waals surface area contributed by atoms with E-state index in [1.807, 2.05) is 31.2 Å². The molecular weight excluding hydrogens is 385 g/mol. The summed E-state index contributed by atoms with van der Waals surface area (Å²) in [5, 5.41) is 3.93. The van der Waals surface area contributed by atoms with Gasteiger partial charge in [-0.1, -0.05) is 16.8 Å². The quantitative estimate of drug-likeness (QED) is 0.631. The van der Waals surface area contributed by atoms with E-state index in [1.165, 1.54) is 18.2 Å². The Hall–Kier alpha value is -2.93. The van der Waals surface area contributed by atoms with Gasteiger partial charge in [-0.2, -0.15) is 4.98 Å². The average molecular weight is 402 g/mol. The van der Waals surface area contributed by atoms with Crippen LogP contribution < -0.4 is 9.64 Å². The summed E-state index contributed by atoms with van der Waals surface area (Å²) in [5.74, 6) is 0.701. The zero-order valence-corrected chi connectivity index (χ0v) is 15.8. The van der Waals surface area contributed by atoms with Crippen LogP contribution in [0.4, 0.5) is 10.1 Å². The number of halogens is 2. The van der Waals surface area contributed by atoms with Gasteiger partial charge in [-0.3, -0.25) is 4.79 Å². The highest BCUT2D eigenvalue weighted by Crippen LogP contribution is 2.33. The molecule has 1 aromatic heterocycles. The highest BCUT2D eigenvalue weighted by Gasteiger charge is 2.35. The van der Waals surface area contributed by atoms with Crippen LogP contribution in [0.15, 0.2) is 47.0 Å². The first kappa shape index (κ1) is 18.4. The van der Waals surface area contributed by atoms with Crippen molar-refractivity contribution in [1.29, 1.82) is 0 Å². The number of hydrogen-bond acceptors (Lipinski definition) is 5. The van der Waals surface area contributed by atoms with Gasteiger partial charge in [-0.15, -0.1) is 0 Å². The summed E-state index contributed by atoms with van der Waals surface area (Å²) >= 11 is 5.81. The van der Waals surface area contributed by atoms with Crippen molar-refractivity contribution in [1.82, 2.24) is 10.1 Å². The lowest BCUT2D eigenvalue weighted by atomic mass is 10.1. The summed E-state index contributed by atoms with van der Waals surface area (Å²) in [6, 6.07) is 11.6. The largest absolute Gasteiger partial charge is 0.494 e. The van der Waals surface area contributed by atoms with E-state index < -0.39 is 5.82 Å². The molecule has 144 valence electrons. The number of rotatable bonds is 5. The Morgan fingerprint density at radius 1 is 1.29 bits per heavy atom. The molecule has 1 aliphatic heterocycles. The predicted molar refractivity (Wildman–Crippen MR) is 102 cm³/mol. The summed E-state index contributed by atoms with van der Waals surface area (Å²) in [6.45, 7) is 2.95. The minimum Gasteiger partial charge on any atom is -0.494 e. The van der Waals surface area contributed by atoms with Gasteiger partial charge in [0, 0.05) is 24.2 Å². The molecule has 0 aliphatic carbocycles. The van der Waals surface area contributed by atoms with Crippen LogP contribution >= 0.6 is 11.6 Å². The molecule has 1 amide bonds. The van der Waals surface area contributed by atoms with Crippen LogP contribution in [0.25, 0.3) is 11.4 Å². The van der Waals surface area contributed by atoms with E-state index in [-0.39, 0.29) is 23.3 Å². The third-order valence-electron chi connectivity index (χ3n) is 4.55. The Morgan fingerprint density at radius 3 is 2.79 bits per heavy atom. The lowest BCUT2D eigenvalue weighted by molar-refractivity contribution is -0.117. The molecule has 2 heterocycles. The number of carbonyl (C=O) groups is 1. The molecule has 6 nitrogen and oxygen atoms in total. The minimum absolute atomic E-state index is 0.0124. The number of hydrogen-bond donors (Lipinski definition) is 0. The third kappa shape index (κ3) is 3.57. The highest BCUT2D eigenvalue weighted by atomic mass is 35.5. The number of ether oxygens (including phenoxy) is 1. The molecule has 0 spiro atoms. The zero-order valence-electron chi connectivity index (χ0n) is 15.1. The molecule has 0 radical (unpaired) electrons. The number of anilines is 1. The van der Waals surface area contributed by atoms with Crippen LogP contribution in [0.2, 0.25) is 5.02 Å². The van der Waals surface area contributed by atoms with Gasteiger partial charge in [0.15, 0.2) is 0 Å². The molecule has 28 heavy (non-hydrogen) atoms. The van der Waals surface area contributed by atoms with Gasteiger partial charge < -0.3 is 14.2 Å². The molecule has 2 aromatic carbocycles. The molecule has 1 fully saturated rings. The molecule has 4 rings (SSSR count). The van der Waals surface area contributed by atoms with Crippen molar-refractivity contribution < 1.29 is 18.4 Å². The molecule has 1 saturated heterocycles. The normalized spacial score (nSPS) is 16.6. The monoisotopic (exact) mass is 401 g/mol. The van der Waals surface area contributed by atoms with Gasteiger partial charge in [0.1, 0.15) is 11.6 Å². The molecule has 1 unspecified atom stereocenters. The van der Waals surface area contributed by atoms with E-state index in [1.54, 1.807) is 4.90 Å². The average Bonchev–Trinajstić information content (AvgIpc) is 3.32. The lowest BCUT2D eigenvalue weighted by Crippen LogP contribution is -2.24. The van der Waals surface area contributed by atoms with Crippen molar-refractivity contribution in [2.45, 2.75) is 19.3 Å². The van der Waals surface area contributed by atoms with Crippen molar-refractivity contribution >= 4 is 23.2 Å². The molecule has 1 atom stereocenters. The van der Waals surface area contributed by atoms with E-state index in [0.717, 1.165) is 11.4 Å². The lowest BCUT2D eigenvalue weighted by Gasteiger charge is -2.16. The van der Waals surface area contributed by atoms with Crippen LogP contribution in [-0.2, 0) is 4.79 Å². The fourth-order valence-electron chi connectivity index (χ4n) is 3.17. The van der Waals surface area contributed by atoms with E-state index in [9.17, 15) is 9.18 Å². The van der Waals surface area contributed by atoms with E-state index in [0.29, 0.717) is 30.4 Å². The van der Waals surface area contributed by atoms with Gasteiger partial charge in [-0.25, -0.2) is 4.39 Å². The van der Waals surface area contributed by atoms with Crippen molar-refractivity contribution in [3.05, 3.63) is 59.2 Å². The Balaban J connectivity index is 1.51.